The van der Waals surface area contributed by atoms with Crippen molar-refractivity contribution in [1.29, 1.82) is 0 Å². The highest BCUT2D eigenvalue weighted by molar-refractivity contribution is 7.89. The number of ether oxygens (including phenoxy) is 1. The lowest BCUT2D eigenvalue weighted by atomic mass is 10.4. The Morgan fingerprint density at radius 2 is 2.24 bits per heavy atom. The fourth-order valence-corrected chi connectivity index (χ4v) is 3.46. The smallest absolute Gasteiger partial charge is 0.241 e. The van der Waals surface area contributed by atoms with Crippen molar-refractivity contribution >= 4 is 21.4 Å². The zero-order valence-corrected chi connectivity index (χ0v) is 11.7. The number of sulfonamides is 1. The zero-order valence-electron chi connectivity index (χ0n) is 10.0. The molecule has 2 N–H and O–H groups in total. The van der Waals surface area contributed by atoms with Crippen LogP contribution in [-0.2, 0) is 21.3 Å². The first-order chi connectivity index (χ1) is 8.10. The van der Waals surface area contributed by atoms with Gasteiger partial charge in [-0.2, -0.15) is 0 Å². The molecule has 0 radical (unpaired) electrons. The monoisotopic (exact) mass is 278 g/mol. The standard InChI is InChI=1S/C10H18N2O3S2/c1-3-11-7-9-6-10(8-16-9)17(13,14)12-4-5-15-2/h6,8,11-12H,3-5,7H2,1-2H3. The van der Waals surface area contributed by atoms with Gasteiger partial charge in [0.05, 0.1) is 11.5 Å². The van der Waals surface area contributed by atoms with Gasteiger partial charge >= 0.3 is 0 Å². The summed E-state index contributed by atoms with van der Waals surface area (Å²) in [6.07, 6.45) is 0. The molecule has 0 unspecified atom stereocenters. The van der Waals surface area contributed by atoms with Gasteiger partial charge in [0, 0.05) is 30.5 Å². The second-order valence-electron chi connectivity index (χ2n) is 3.42. The first kappa shape index (κ1) is 14.6. The molecule has 0 amide bonds. The topological polar surface area (TPSA) is 67.4 Å². The van der Waals surface area contributed by atoms with E-state index in [1.807, 2.05) is 6.92 Å². The fraction of sp³-hybridized carbons (Fsp3) is 0.600. The summed E-state index contributed by atoms with van der Waals surface area (Å²) >= 11 is 1.44. The van der Waals surface area contributed by atoms with Gasteiger partial charge in [-0.25, -0.2) is 13.1 Å². The van der Waals surface area contributed by atoms with E-state index in [9.17, 15) is 8.42 Å². The van der Waals surface area contributed by atoms with Crippen LogP contribution in [0.25, 0.3) is 0 Å². The molecule has 98 valence electrons. The summed E-state index contributed by atoms with van der Waals surface area (Å²) in [6.45, 7) is 4.24. The molecular formula is C10H18N2O3S2. The molecule has 1 aromatic heterocycles. The molecule has 0 aliphatic heterocycles. The normalized spacial score (nSPS) is 11.9. The minimum absolute atomic E-state index is 0.289. The van der Waals surface area contributed by atoms with Crippen molar-refractivity contribution in [2.75, 3.05) is 26.8 Å². The van der Waals surface area contributed by atoms with E-state index in [0.717, 1.165) is 11.4 Å². The van der Waals surface area contributed by atoms with Crippen LogP contribution >= 0.6 is 11.3 Å². The Morgan fingerprint density at radius 3 is 2.88 bits per heavy atom. The van der Waals surface area contributed by atoms with Crippen LogP contribution < -0.4 is 10.0 Å². The quantitative estimate of drug-likeness (QED) is 0.690. The molecule has 0 saturated heterocycles. The van der Waals surface area contributed by atoms with E-state index < -0.39 is 10.0 Å². The fourth-order valence-electron chi connectivity index (χ4n) is 1.20. The molecule has 5 nitrogen and oxygen atoms in total. The summed E-state index contributed by atoms with van der Waals surface area (Å²) in [5, 5.41) is 4.81. The number of rotatable bonds is 8. The van der Waals surface area contributed by atoms with Gasteiger partial charge in [-0.3, -0.25) is 0 Å². The average Bonchev–Trinajstić information content (AvgIpc) is 2.76. The number of hydrogen-bond acceptors (Lipinski definition) is 5. The Balaban J connectivity index is 2.61. The predicted octanol–water partition coefficient (Wildman–Crippen LogP) is 0.782. The van der Waals surface area contributed by atoms with Gasteiger partial charge in [0.25, 0.3) is 0 Å². The third-order valence-electron chi connectivity index (χ3n) is 2.09. The maximum Gasteiger partial charge on any atom is 0.241 e. The molecule has 0 aliphatic carbocycles. The van der Waals surface area contributed by atoms with Crippen LogP contribution in [-0.4, -0.2) is 35.2 Å². The predicted molar refractivity (Wildman–Crippen MR) is 68.8 cm³/mol. The maximum atomic E-state index is 11.8. The molecule has 0 fully saturated rings. The number of methoxy groups -OCH3 is 1. The maximum absolute atomic E-state index is 11.8. The van der Waals surface area contributed by atoms with E-state index in [1.54, 1.807) is 11.4 Å². The van der Waals surface area contributed by atoms with E-state index in [0.29, 0.717) is 18.0 Å². The van der Waals surface area contributed by atoms with Gasteiger partial charge in [0.1, 0.15) is 0 Å². The van der Waals surface area contributed by atoms with Gasteiger partial charge in [-0.15, -0.1) is 11.3 Å². The molecule has 0 bridgehead atoms. The Kier molecular flexibility index (Phi) is 6.07. The van der Waals surface area contributed by atoms with Crippen LogP contribution in [0, 0.1) is 0 Å². The highest BCUT2D eigenvalue weighted by Gasteiger charge is 2.15. The molecule has 0 atom stereocenters. The van der Waals surface area contributed by atoms with Crippen molar-refractivity contribution in [2.24, 2.45) is 0 Å². The van der Waals surface area contributed by atoms with Crippen molar-refractivity contribution < 1.29 is 13.2 Å². The van der Waals surface area contributed by atoms with Crippen LogP contribution in [0.4, 0.5) is 0 Å². The Bertz CT molecular complexity index is 429. The minimum Gasteiger partial charge on any atom is -0.383 e. The van der Waals surface area contributed by atoms with Crippen LogP contribution in [0.2, 0.25) is 0 Å². The SMILES string of the molecule is CCNCc1cc(S(=O)(=O)NCCOC)cs1. The van der Waals surface area contributed by atoms with Crippen LogP contribution in [0.3, 0.4) is 0 Å². The average molecular weight is 278 g/mol. The molecule has 1 aromatic rings. The largest absolute Gasteiger partial charge is 0.383 e. The molecule has 0 spiro atoms. The van der Waals surface area contributed by atoms with Crippen LogP contribution in [0.1, 0.15) is 11.8 Å². The molecular weight excluding hydrogens is 260 g/mol. The molecule has 0 aliphatic rings. The lowest BCUT2D eigenvalue weighted by molar-refractivity contribution is 0.204. The van der Waals surface area contributed by atoms with Crippen molar-refractivity contribution in [3.8, 4) is 0 Å². The van der Waals surface area contributed by atoms with Gasteiger partial charge < -0.3 is 10.1 Å². The molecule has 1 rings (SSSR count). The summed E-state index contributed by atoms with van der Waals surface area (Å²) in [7, 11) is -1.85. The zero-order chi connectivity index (χ0) is 12.7. The van der Waals surface area contributed by atoms with E-state index in [-0.39, 0.29) is 6.54 Å². The molecule has 1 heterocycles. The summed E-state index contributed by atoms with van der Waals surface area (Å²) in [6, 6.07) is 1.70. The third-order valence-corrected chi connectivity index (χ3v) is 4.61. The van der Waals surface area contributed by atoms with E-state index in [4.69, 9.17) is 4.74 Å². The molecule has 7 heteroatoms. The van der Waals surface area contributed by atoms with Gasteiger partial charge in [0.2, 0.25) is 10.0 Å². The van der Waals surface area contributed by atoms with Crippen molar-refractivity contribution in [3.63, 3.8) is 0 Å². The number of nitrogens with one attached hydrogen (secondary N) is 2. The Hall–Kier alpha value is -0.470. The first-order valence-corrected chi connectivity index (χ1v) is 7.73. The van der Waals surface area contributed by atoms with Crippen LogP contribution in [0.15, 0.2) is 16.3 Å². The van der Waals surface area contributed by atoms with Gasteiger partial charge in [0.15, 0.2) is 0 Å². The van der Waals surface area contributed by atoms with E-state index in [2.05, 4.69) is 10.0 Å². The molecule has 0 aromatic carbocycles. The first-order valence-electron chi connectivity index (χ1n) is 5.37. The summed E-state index contributed by atoms with van der Waals surface area (Å²) in [5.74, 6) is 0. The second-order valence-corrected chi connectivity index (χ2v) is 6.18. The lowest BCUT2D eigenvalue weighted by Gasteiger charge is -2.03. The van der Waals surface area contributed by atoms with Crippen molar-refractivity contribution in [1.82, 2.24) is 10.0 Å². The van der Waals surface area contributed by atoms with Gasteiger partial charge in [-0.1, -0.05) is 6.92 Å². The van der Waals surface area contributed by atoms with Gasteiger partial charge in [-0.05, 0) is 12.6 Å². The van der Waals surface area contributed by atoms with E-state index in [1.165, 1.54) is 18.4 Å². The number of hydrogen-bond donors (Lipinski definition) is 2. The second kappa shape index (κ2) is 7.07. The minimum atomic E-state index is -3.38. The van der Waals surface area contributed by atoms with Crippen LogP contribution in [0.5, 0.6) is 0 Å². The third kappa shape index (κ3) is 4.72. The Morgan fingerprint density at radius 1 is 1.47 bits per heavy atom. The summed E-state index contributed by atoms with van der Waals surface area (Å²) in [5.41, 5.74) is 0. The Labute approximate surface area is 106 Å². The highest BCUT2D eigenvalue weighted by atomic mass is 32.2. The number of thiophene rings is 1. The highest BCUT2D eigenvalue weighted by Crippen LogP contribution is 2.18. The molecule has 17 heavy (non-hydrogen) atoms. The summed E-state index contributed by atoms with van der Waals surface area (Å²) in [4.78, 5) is 1.34. The van der Waals surface area contributed by atoms with E-state index >= 15 is 0 Å². The summed E-state index contributed by atoms with van der Waals surface area (Å²) < 4.78 is 30.9. The van der Waals surface area contributed by atoms with Crippen molar-refractivity contribution in [3.05, 3.63) is 16.3 Å². The molecule has 0 saturated carbocycles. The lowest BCUT2D eigenvalue weighted by Crippen LogP contribution is -2.26. The van der Waals surface area contributed by atoms with Crippen molar-refractivity contribution in [2.45, 2.75) is 18.4 Å².